The van der Waals surface area contributed by atoms with Gasteiger partial charge in [0.1, 0.15) is 0 Å². The molecule has 57 valence electrons. The van der Waals surface area contributed by atoms with Crippen molar-refractivity contribution in [2.75, 3.05) is 0 Å². The molecule has 1 aliphatic carbocycles. The normalized spacial score (nSPS) is 26.9. The number of hydrogen-bond acceptors (Lipinski definition) is 0. The molecule has 1 radical (unpaired) electrons. The Hall–Kier alpha value is -0.470. The fourth-order valence-corrected chi connectivity index (χ4v) is 0.994. The molecule has 1 atom stereocenters. The highest BCUT2D eigenvalue weighted by atomic mass is 19.4. The van der Waals surface area contributed by atoms with E-state index in [4.69, 9.17) is 0 Å². The van der Waals surface area contributed by atoms with Gasteiger partial charge in [-0.15, -0.1) is 0 Å². The van der Waals surface area contributed by atoms with Gasteiger partial charge in [-0.25, -0.2) is 0 Å². The lowest BCUT2D eigenvalue weighted by molar-refractivity contribution is -0.176. The van der Waals surface area contributed by atoms with E-state index in [2.05, 4.69) is 6.08 Å². The molecule has 0 spiro atoms. The quantitative estimate of drug-likeness (QED) is 0.496. The Labute approximate surface area is 57.7 Å². The van der Waals surface area contributed by atoms with Crippen LogP contribution in [0.1, 0.15) is 19.3 Å². The van der Waals surface area contributed by atoms with E-state index in [-0.39, 0.29) is 12.8 Å². The molecule has 0 bridgehead atoms. The van der Waals surface area contributed by atoms with Crippen molar-refractivity contribution < 1.29 is 13.2 Å². The SMILES string of the molecule is FC(F)(F)C1C[C]=CCC1. The molecular weight excluding hydrogens is 141 g/mol. The first-order chi connectivity index (χ1) is 4.61. The lowest BCUT2D eigenvalue weighted by Gasteiger charge is -2.19. The van der Waals surface area contributed by atoms with E-state index in [1.54, 1.807) is 6.08 Å². The number of hydrogen-bond donors (Lipinski definition) is 0. The Balaban J connectivity index is 2.49. The highest BCUT2D eigenvalue weighted by Crippen LogP contribution is 2.34. The van der Waals surface area contributed by atoms with Crippen molar-refractivity contribution in [3.8, 4) is 0 Å². The van der Waals surface area contributed by atoms with Gasteiger partial charge in [0.05, 0.1) is 5.92 Å². The van der Waals surface area contributed by atoms with Gasteiger partial charge in [-0.2, -0.15) is 13.2 Å². The Morgan fingerprint density at radius 3 is 2.40 bits per heavy atom. The minimum atomic E-state index is -4.01. The zero-order chi connectivity index (χ0) is 7.61. The Bertz CT molecular complexity index is 134. The second-order valence-corrected chi connectivity index (χ2v) is 2.43. The van der Waals surface area contributed by atoms with Crippen LogP contribution in [0.25, 0.3) is 0 Å². The first-order valence-corrected chi connectivity index (χ1v) is 3.22. The second-order valence-electron chi connectivity index (χ2n) is 2.43. The average Bonchev–Trinajstić information content (AvgIpc) is 1.88. The molecule has 0 nitrogen and oxygen atoms in total. The van der Waals surface area contributed by atoms with Crippen molar-refractivity contribution >= 4 is 0 Å². The van der Waals surface area contributed by atoms with Crippen molar-refractivity contribution in [1.82, 2.24) is 0 Å². The minimum Gasteiger partial charge on any atom is -0.171 e. The molecule has 0 aromatic carbocycles. The summed E-state index contributed by atoms with van der Waals surface area (Å²) in [6, 6.07) is 0. The maximum Gasteiger partial charge on any atom is 0.392 e. The average molecular weight is 149 g/mol. The van der Waals surface area contributed by atoms with Gasteiger partial charge in [0.2, 0.25) is 0 Å². The Morgan fingerprint density at radius 2 is 2.10 bits per heavy atom. The van der Waals surface area contributed by atoms with Crippen LogP contribution in [-0.2, 0) is 0 Å². The van der Waals surface area contributed by atoms with Gasteiger partial charge >= 0.3 is 6.18 Å². The summed E-state index contributed by atoms with van der Waals surface area (Å²) < 4.78 is 35.7. The molecule has 3 heteroatoms. The van der Waals surface area contributed by atoms with Crippen molar-refractivity contribution in [2.45, 2.75) is 25.4 Å². The van der Waals surface area contributed by atoms with Crippen molar-refractivity contribution in [3.05, 3.63) is 12.2 Å². The van der Waals surface area contributed by atoms with Crippen LogP contribution < -0.4 is 0 Å². The van der Waals surface area contributed by atoms with Crippen LogP contribution in [0.15, 0.2) is 6.08 Å². The predicted molar refractivity (Wildman–Crippen MR) is 31.2 cm³/mol. The van der Waals surface area contributed by atoms with Crippen LogP contribution in [0.4, 0.5) is 13.2 Å². The first kappa shape index (κ1) is 7.63. The molecule has 0 amide bonds. The lowest BCUT2D eigenvalue weighted by Crippen LogP contribution is -2.23. The molecule has 1 rings (SSSR count). The Morgan fingerprint density at radius 1 is 1.40 bits per heavy atom. The van der Waals surface area contributed by atoms with Crippen LogP contribution in [0.5, 0.6) is 0 Å². The molecule has 0 saturated heterocycles. The fourth-order valence-electron chi connectivity index (χ4n) is 0.994. The fraction of sp³-hybridized carbons (Fsp3) is 0.714. The van der Waals surface area contributed by atoms with Crippen LogP contribution in [0.2, 0.25) is 0 Å². The van der Waals surface area contributed by atoms with Crippen LogP contribution in [-0.4, -0.2) is 6.18 Å². The molecule has 0 aromatic heterocycles. The maximum atomic E-state index is 11.9. The summed E-state index contributed by atoms with van der Waals surface area (Å²) in [5.74, 6) is -1.14. The number of rotatable bonds is 0. The summed E-state index contributed by atoms with van der Waals surface area (Å²) in [6.45, 7) is 0. The van der Waals surface area contributed by atoms with Crippen LogP contribution in [0, 0.1) is 12.0 Å². The van der Waals surface area contributed by atoms with Gasteiger partial charge in [0.15, 0.2) is 0 Å². The number of allylic oxidation sites excluding steroid dienone is 2. The number of alkyl halides is 3. The van der Waals surface area contributed by atoms with Crippen molar-refractivity contribution in [3.63, 3.8) is 0 Å². The monoisotopic (exact) mass is 149 g/mol. The molecule has 0 aliphatic heterocycles. The Kier molecular flexibility index (Phi) is 2.02. The molecule has 1 aliphatic rings. The molecule has 10 heavy (non-hydrogen) atoms. The largest absolute Gasteiger partial charge is 0.392 e. The van der Waals surface area contributed by atoms with Crippen LogP contribution >= 0.6 is 0 Å². The van der Waals surface area contributed by atoms with E-state index < -0.39 is 12.1 Å². The van der Waals surface area contributed by atoms with Gasteiger partial charge in [-0.1, -0.05) is 6.08 Å². The smallest absolute Gasteiger partial charge is 0.171 e. The molecule has 0 aromatic rings. The van der Waals surface area contributed by atoms with Gasteiger partial charge in [-0.3, -0.25) is 0 Å². The zero-order valence-corrected chi connectivity index (χ0v) is 5.41. The highest BCUT2D eigenvalue weighted by molar-refractivity contribution is 4.86. The topological polar surface area (TPSA) is 0 Å². The van der Waals surface area contributed by atoms with E-state index in [1.165, 1.54) is 0 Å². The van der Waals surface area contributed by atoms with E-state index in [1.807, 2.05) is 0 Å². The second kappa shape index (κ2) is 2.64. The standard InChI is InChI=1S/C7H8F3/c8-7(9,10)6-4-2-1-3-5-6/h1,6H,2,4-5H2. The summed E-state index contributed by atoms with van der Waals surface area (Å²) in [5.41, 5.74) is 0. The van der Waals surface area contributed by atoms with E-state index in [0.717, 1.165) is 0 Å². The third-order valence-electron chi connectivity index (χ3n) is 1.63. The lowest BCUT2D eigenvalue weighted by atomic mass is 9.94. The summed E-state index contributed by atoms with van der Waals surface area (Å²) in [6.07, 6.45) is 1.06. The molecule has 0 heterocycles. The third kappa shape index (κ3) is 1.75. The molecule has 1 unspecified atom stereocenters. The summed E-state index contributed by atoms with van der Waals surface area (Å²) in [5, 5.41) is 0. The summed E-state index contributed by atoms with van der Waals surface area (Å²) >= 11 is 0. The molecule has 0 N–H and O–H groups in total. The van der Waals surface area contributed by atoms with E-state index in [0.29, 0.717) is 6.42 Å². The van der Waals surface area contributed by atoms with Gasteiger partial charge < -0.3 is 0 Å². The first-order valence-electron chi connectivity index (χ1n) is 3.22. The highest BCUT2D eigenvalue weighted by Gasteiger charge is 2.38. The predicted octanol–water partition coefficient (Wildman–Crippen LogP) is 2.71. The van der Waals surface area contributed by atoms with E-state index in [9.17, 15) is 13.2 Å². The molecule has 0 fully saturated rings. The number of halogens is 3. The summed E-state index contributed by atoms with van der Waals surface area (Å²) in [4.78, 5) is 0. The van der Waals surface area contributed by atoms with Crippen molar-refractivity contribution in [1.29, 1.82) is 0 Å². The summed E-state index contributed by atoms with van der Waals surface area (Å²) in [7, 11) is 0. The maximum absolute atomic E-state index is 11.9. The molecular formula is C7H8F3. The zero-order valence-electron chi connectivity index (χ0n) is 5.41. The van der Waals surface area contributed by atoms with Crippen molar-refractivity contribution in [2.24, 2.45) is 5.92 Å². The molecule has 0 saturated carbocycles. The van der Waals surface area contributed by atoms with Crippen LogP contribution in [0.3, 0.4) is 0 Å². The van der Waals surface area contributed by atoms with Gasteiger partial charge in [0, 0.05) is 0 Å². The van der Waals surface area contributed by atoms with E-state index >= 15 is 0 Å². The third-order valence-corrected chi connectivity index (χ3v) is 1.63. The minimum absolute atomic E-state index is 0.0451. The van der Waals surface area contributed by atoms with Gasteiger partial charge in [0.25, 0.3) is 0 Å². The van der Waals surface area contributed by atoms with Gasteiger partial charge in [-0.05, 0) is 25.3 Å².